The van der Waals surface area contributed by atoms with E-state index in [-0.39, 0.29) is 18.0 Å². The molecule has 0 bridgehead atoms. The summed E-state index contributed by atoms with van der Waals surface area (Å²) in [6, 6.07) is 15.3. The van der Waals surface area contributed by atoms with Gasteiger partial charge in [-0.15, -0.1) is 0 Å². The monoisotopic (exact) mass is 333 g/mol. The molecule has 1 aliphatic rings. The Labute approximate surface area is 135 Å². The van der Waals surface area contributed by atoms with Crippen LogP contribution >= 0.6 is 0 Å². The van der Waals surface area contributed by atoms with Crippen molar-refractivity contribution in [2.24, 2.45) is 0 Å². The molecule has 2 aromatic carbocycles. The molecule has 5 nitrogen and oxygen atoms in total. The second-order valence-corrected chi connectivity index (χ2v) is 7.44. The number of aliphatic hydroxyl groups is 2. The molecular formula is C17H19NO4S. The summed E-state index contributed by atoms with van der Waals surface area (Å²) in [7, 11) is -3.73. The van der Waals surface area contributed by atoms with Gasteiger partial charge in [-0.1, -0.05) is 48.5 Å². The van der Waals surface area contributed by atoms with Gasteiger partial charge in [0.05, 0.1) is 23.6 Å². The summed E-state index contributed by atoms with van der Waals surface area (Å²) >= 11 is 0. The van der Waals surface area contributed by atoms with Crippen molar-refractivity contribution in [2.45, 2.75) is 23.5 Å². The van der Waals surface area contributed by atoms with Crippen molar-refractivity contribution in [1.29, 1.82) is 0 Å². The third-order valence-corrected chi connectivity index (χ3v) is 6.17. The summed E-state index contributed by atoms with van der Waals surface area (Å²) < 4.78 is 26.9. The van der Waals surface area contributed by atoms with E-state index in [1.807, 2.05) is 30.3 Å². The van der Waals surface area contributed by atoms with E-state index in [4.69, 9.17) is 0 Å². The first kappa shape index (κ1) is 16.1. The molecule has 0 spiro atoms. The van der Waals surface area contributed by atoms with Crippen LogP contribution in [0.4, 0.5) is 0 Å². The Morgan fingerprint density at radius 3 is 2.35 bits per heavy atom. The number of hydrogen-bond donors (Lipinski definition) is 2. The second kappa shape index (κ2) is 6.41. The minimum atomic E-state index is -3.73. The van der Waals surface area contributed by atoms with Crippen LogP contribution in [0, 0.1) is 0 Å². The molecule has 1 aliphatic heterocycles. The fourth-order valence-corrected chi connectivity index (χ4v) is 4.94. The van der Waals surface area contributed by atoms with E-state index in [0.717, 1.165) is 5.56 Å². The Morgan fingerprint density at radius 1 is 1.00 bits per heavy atom. The fourth-order valence-electron chi connectivity index (χ4n) is 3.08. The van der Waals surface area contributed by atoms with Crippen molar-refractivity contribution in [1.82, 2.24) is 4.31 Å². The van der Waals surface area contributed by atoms with Gasteiger partial charge in [0.1, 0.15) is 0 Å². The van der Waals surface area contributed by atoms with Crippen LogP contribution in [0.5, 0.6) is 0 Å². The second-order valence-electron chi connectivity index (χ2n) is 5.58. The molecule has 6 heteroatoms. The summed E-state index contributed by atoms with van der Waals surface area (Å²) in [4.78, 5) is 0.116. The summed E-state index contributed by atoms with van der Waals surface area (Å²) in [6.07, 6.45) is -0.545. The lowest BCUT2D eigenvalue weighted by Crippen LogP contribution is -2.50. The van der Waals surface area contributed by atoms with Gasteiger partial charge in [-0.2, -0.15) is 4.31 Å². The largest absolute Gasteiger partial charge is 0.395 e. The summed E-state index contributed by atoms with van der Waals surface area (Å²) in [6.45, 7) is -0.329. The average molecular weight is 333 g/mol. The van der Waals surface area contributed by atoms with Crippen LogP contribution in [0.15, 0.2) is 59.5 Å². The van der Waals surface area contributed by atoms with Crippen LogP contribution < -0.4 is 0 Å². The van der Waals surface area contributed by atoms with E-state index in [1.165, 1.54) is 10.4 Å². The van der Waals surface area contributed by atoms with Crippen molar-refractivity contribution in [3.63, 3.8) is 0 Å². The molecule has 0 radical (unpaired) electrons. The number of β-amino-alcohol motifs (C(OH)–C–C–N with tert-alkyl or cyclic N) is 1. The number of rotatable bonds is 4. The maximum absolute atomic E-state index is 12.8. The highest BCUT2D eigenvalue weighted by atomic mass is 32.2. The van der Waals surface area contributed by atoms with Crippen LogP contribution in [0.2, 0.25) is 0 Å². The lowest BCUT2D eigenvalue weighted by atomic mass is 9.95. The number of fused-ring (bicyclic) bond motifs is 1. The molecule has 2 unspecified atom stereocenters. The Hall–Kier alpha value is -1.73. The minimum absolute atomic E-state index is 0.0365. The van der Waals surface area contributed by atoms with Crippen molar-refractivity contribution in [3.8, 4) is 0 Å². The quantitative estimate of drug-likeness (QED) is 0.885. The molecule has 0 saturated carbocycles. The van der Waals surface area contributed by atoms with E-state index in [1.54, 1.807) is 18.2 Å². The standard InChI is InChI=1S/C17H19NO4S/c19-11-10-18-15(12-13-6-2-1-3-7-13)17(20)14-8-4-5-9-16(14)23(18,21)22/h1-9,15,17,19-20H,10-12H2. The Balaban J connectivity index is 2.07. The zero-order chi connectivity index (χ0) is 16.4. The zero-order valence-electron chi connectivity index (χ0n) is 12.5. The van der Waals surface area contributed by atoms with E-state index in [0.29, 0.717) is 12.0 Å². The SMILES string of the molecule is O=S1(=O)c2ccccc2C(O)C(Cc2ccccc2)N1CCO. The minimum Gasteiger partial charge on any atom is -0.395 e. The molecule has 0 amide bonds. The third-order valence-electron chi connectivity index (χ3n) is 4.17. The highest BCUT2D eigenvalue weighted by Gasteiger charge is 2.43. The highest BCUT2D eigenvalue weighted by Crippen LogP contribution is 2.37. The maximum atomic E-state index is 12.8. The van der Waals surface area contributed by atoms with Crippen LogP contribution in [-0.4, -0.2) is 42.1 Å². The van der Waals surface area contributed by atoms with E-state index in [9.17, 15) is 18.6 Å². The van der Waals surface area contributed by atoms with Crippen molar-refractivity contribution in [2.75, 3.05) is 13.2 Å². The molecule has 2 atom stereocenters. The van der Waals surface area contributed by atoms with Gasteiger partial charge in [0.25, 0.3) is 0 Å². The van der Waals surface area contributed by atoms with Gasteiger partial charge < -0.3 is 10.2 Å². The van der Waals surface area contributed by atoms with Gasteiger partial charge in [0, 0.05) is 12.1 Å². The van der Waals surface area contributed by atoms with Crippen molar-refractivity contribution < 1.29 is 18.6 Å². The van der Waals surface area contributed by atoms with Crippen LogP contribution in [0.25, 0.3) is 0 Å². The van der Waals surface area contributed by atoms with Crippen LogP contribution in [-0.2, 0) is 16.4 Å². The molecule has 3 rings (SSSR count). The van der Waals surface area contributed by atoms with Gasteiger partial charge in [0.2, 0.25) is 10.0 Å². The number of hydrogen-bond acceptors (Lipinski definition) is 4. The van der Waals surface area contributed by atoms with Crippen LogP contribution in [0.1, 0.15) is 17.2 Å². The molecule has 0 aliphatic carbocycles. The first-order chi connectivity index (χ1) is 11.1. The predicted octanol–water partition coefficient (Wildman–Crippen LogP) is 1.33. The molecule has 0 aromatic heterocycles. The Morgan fingerprint density at radius 2 is 1.65 bits per heavy atom. The summed E-state index contributed by atoms with van der Waals surface area (Å²) in [5.74, 6) is 0. The molecular weight excluding hydrogens is 314 g/mol. The smallest absolute Gasteiger partial charge is 0.243 e. The average Bonchev–Trinajstić information content (AvgIpc) is 2.57. The molecule has 23 heavy (non-hydrogen) atoms. The number of nitrogens with zero attached hydrogens (tertiary/aromatic N) is 1. The lowest BCUT2D eigenvalue weighted by molar-refractivity contribution is 0.0725. The predicted molar refractivity (Wildman–Crippen MR) is 86.3 cm³/mol. The molecule has 2 N–H and O–H groups in total. The molecule has 2 aromatic rings. The third kappa shape index (κ3) is 2.90. The van der Waals surface area contributed by atoms with E-state index < -0.39 is 22.2 Å². The summed E-state index contributed by atoms with van der Waals surface area (Å²) in [5, 5.41) is 20.0. The van der Waals surface area contributed by atoms with E-state index >= 15 is 0 Å². The fraction of sp³-hybridized carbons (Fsp3) is 0.294. The topological polar surface area (TPSA) is 77.8 Å². The highest BCUT2D eigenvalue weighted by molar-refractivity contribution is 7.89. The van der Waals surface area contributed by atoms with Gasteiger partial charge in [-0.3, -0.25) is 0 Å². The van der Waals surface area contributed by atoms with Gasteiger partial charge in [-0.05, 0) is 18.1 Å². The van der Waals surface area contributed by atoms with Gasteiger partial charge in [0.15, 0.2) is 0 Å². The van der Waals surface area contributed by atoms with Crippen molar-refractivity contribution >= 4 is 10.0 Å². The molecule has 0 fully saturated rings. The number of benzene rings is 2. The number of aliphatic hydroxyl groups excluding tert-OH is 2. The Bertz CT molecular complexity index is 776. The van der Waals surface area contributed by atoms with Crippen molar-refractivity contribution in [3.05, 3.63) is 65.7 Å². The van der Waals surface area contributed by atoms with Gasteiger partial charge >= 0.3 is 0 Å². The Kier molecular flexibility index (Phi) is 4.50. The molecule has 0 saturated heterocycles. The normalized spacial score (nSPS) is 23.4. The first-order valence-corrected chi connectivity index (χ1v) is 8.93. The lowest BCUT2D eigenvalue weighted by Gasteiger charge is -2.39. The van der Waals surface area contributed by atoms with Gasteiger partial charge in [-0.25, -0.2) is 8.42 Å². The molecule has 1 heterocycles. The molecule has 122 valence electrons. The zero-order valence-corrected chi connectivity index (χ0v) is 13.4. The maximum Gasteiger partial charge on any atom is 0.243 e. The number of sulfonamides is 1. The first-order valence-electron chi connectivity index (χ1n) is 7.49. The summed E-state index contributed by atoms with van der Waals surface area (Å²) in [5.41, 5.74) is 1.36. The van der Waals surface area contributed by atoms with Crippen LogP contribution in [0.3, 0.4) is 0 Å². The van der Waals surface area contributed by atoms with E-state index in [2.05, 4.69) is 0 Å².